The van der Waals surface area contributed by atoms with Crippen LogP contribution in [0.25, 0.3) is 0 Å². The maximum atomic E-state index is 13.6. The Balaban J connectivity index is 1.62. The Bertz CT molecular complexity index is 1090. The lowest BCUT2D eigenvalue weighted by Gasteiger charge is -2.38. The van der Waals surface area contributed by atoms with Crippen LogP contribution in [0.4, 0.5) is 14.5 Å². The lowest BCUT2D eigenvalue weighted by atomic mass is 9.85. The Morgan fingerprint density at radius 2 is 1.58 bits per heavy atom. The topological polar surface area (TPSA) is 60.7 Å². The molecule has 168 valence electrons. The molecule has 5 nitrogen and oxygen atoms in total. The molecule has 3 aromatic rings. The highest BCUT2D eigenvalue weighted by atomic mass is 19.1. The molecule has 0 aliphatic carbocycles. The summed E-state index contributed by atoms with van der Waals surface area (Å²) >= 11 is 0. The van der Waals surface area contributed by atoms with Gasteiger partial charge in [0.2, 0.25) is 12.2 Å². The van der Waals surface area contributed by atoms with E-state index in [0.29, 0.717) is 25.7 Å². The molecule has 0 aromatic heterocycles. The van der Waals surface area contributed by atoms with E-state index in [1.54, 1.807) is 24.3 Å². The molecule has 0 spiro atoms. The largest absolute Gasteiger partial charge is 0.374 e. The van der Waals surface area contributed by atoms with E-state index in [-0.39, 0.29) is 23.7 Å². The molecule has 7 heteroatoms. The van der Waals surface area contributed by atoms with Crippen molar-refractivity contribution in [1.82, 2.24) is 4.90 Å². The van der Waals surface area contributed by atoms with Crippen LogP contribution in [0.3, 0.4) is 0 Å². The average molecular weight is 447 g/mol. The van der Waals surface area contributed by atoms with Gasteiger partial charge in [-0.25, -0.2) is 8.78 Å². The predicted molar refractivity (Wildman–Crippen MR) is 124 cm³/mol. The number of rotatable bonds is 4. The molecular formula is C26H24F2N4O. The maximum Gasteiger partial charge on any atom is 0.214 e. The number of benzene rings is 3. The highest BCUT2D eigenvalue weighted by Crippen LogP contribution is 2.32. The number of nitrogens with zero attached hydrogens (tertiary/aromatic N) is 3. The Kier molecular flexibility index (Phi) is 6.96. The third kappa shape index (κ3) is 5.54. The Morgan fingerprint density at radius 3 is 2.12 bits per heavy atom. The third-order valence-electron chi connectivity index (χ3n) is 5.69. The summed E-state index contributed by atoms with van der Waals surface area (Å²) in [6.07, 6.45) is 1.56. The van der Waals surface area contributed by atoms with Crippen LogP contribution in [0.15, 0.2) is 77.8 Å². The minimum absolute atomic E-state index is 0.253. The molecule has 3 aromatic carbocycles. The number of hydrogen-bond acceptors (Lipinski definition) is 3. The van der Waals surface area contributed by atoms with Gasteiger partial charge in [-0.05, 0) is 54.4 Å². The number of hydrogen-bond donors (Lipinski definition) is 1. The lowest BCUT2D eigenvalue weighted by molar-refractivity contribution is -0.0141. The molecule has 1 atom stereocenters. The first-order chi connectivity index (χ1) is 16.0. The van der Waals surface area contributed by atoms with Crippen molar-refractivity contribution in [1.29, 1.82) is 5.26 Å². The Morgan fingerprint density at radius 1 is 1.00 bits per heavy atom. The van der Waals surface area contributed by atoms with Crippen LogP contribution in [-0.4, -0.2) is 36.7 Å². The van der Waals surface area contributed by atoms with E-state index in [4.69, 9.17) is 4.74 Å². The molecule has 33 heavy (non-hydrogen) atoms. The number of ether oxygens (including phenoxy) is 1. The fourth-order valence-electron chi connectivity index (χ4n) is 4.02. The molecule has 4 rings (SSSR count). The van der Waals surface area contributed by atoms with Crippen LogP contribution in [0.1, 0.15) is 22.6 Å². The van der Waals surface area contributed by atoms with Crippen LogP contribution in [-0.2, 0) is 4.74 Å². The molecule has 1 heterocycles. The summed E-state index contributed by atoms with van der Waals surface area (Å²) in [5, 5.41) is 12.5. The maximum absolute atomic E-state index is 13.6. The van der Waals surface area contributed by atoms with Gasteiger partial charge in [0.1, 0.15) is 11.6 Å². The molecule has 1 N–H and O–H groups in total. The number of halogens is 2. The summed E-state index contributed by atoms with van der Waals surface area (Å²) in [6, 6.07) is 20.4. The van der Waals surface area contributed by atoms with Crippen LogP contribution in [0.2, 0.25) is 0 Å². The number of morpholine rings is 1. The van der Waals surface area contributed by atoms with Gasteiger partial charge in [0.15, 0.2) is 0 Å². The van der Waals surface area contributed by atoms with E-state index in [2.05, 4.69) is 10.3 Å². The van der Waals surface area contributed by atoms with Crippen molar-refractivity contribution >= 4 is 11.6 Å². The minimum Gasteiger partial charge on any atom is -0.374 e. The number of nitrogens with one attached hydrogen (secondary N) is 1. The summed E-state index contributed by atoms with van der Waals surface area (Å²) in [4.78, 5) is 5.98. The second kappa shape index (κ2) is 10.2. The van der Waals surface area contributed by atoms with Crippen LogP contribution in [0, 0.1) is 30.0 Å². The fourth-order valence-corrected chi connectivity index (χ4v) is 4.02. The molecule has 1 unspecified atom stereocenters. The quantitative estimate of drug-likeness (QED) is 0.346. The first-order valence-corrected chi connectivity index (χ1v) is 10.7. The van der Waals surface area contributed by atoms with E-state index in [0.717, 1.165) is 22.4 Å². The van der Waals surface area contributed by atoms with Crippen LogP contribution >= 0.6 is 0 Å². The van der Waals surface area contributed by atoms with Crippen molar-refractivity contribution < 1.29 is 13.5 Å². The van der Waals surface area contributed by atoms with E-state index >= 15 is 0 Å². The predicted octanol–water partition coefficient (Wildman–Crippen LogP) is 5.06. The smallest absolute Gasteiger partial charge is 0.214 e. The highest BCUT2D eigenvalue weighted by Gasteiger charge is 2.32. The molecule has 1 fully saturated rings. The zero-order chi connectivity index (χ0) is 23.2. The normalized spacial score (nSPS) is 16.5. The zero-order valence-electron chi connectivity index (χ0n) is 18.2. The Hall–Kier alpha value is -3.76. The number of guanidine groups is 1. The summed E-state index contributed by atoms with van der Waals surface area (Å²) in [5.41, 5.74) is 3.68. The second-order valence-electron chi connectivity index (χ2n) is 7.96. The first kappa shape index (κ1) is 22.4. The molecule has 1 aliphatic rings. The summed E-state index contributed by atoms with van der Waals surface area (Å²) in [7, 11) is 0. The van der Waals surface area contributed by atoms with Gasteiger partial charge in [0.25, 0.3) is 0 Å². The van der Waals surface area contributed by atoms with Crippen LogP contribution in [0.5, 0.6) is 0 Å². The minimum atomic E-state index is -0.325. The average Bonchev–Trinajstić information content (AvgIpc) is 2.83. The van der Waals surface area contributed by atoms with Gasteiger partial charge in [0.05, 0.1) is 12.7 Å². The lowest BCUT2D eigenvalue weighted by Crippen LogP contribution is -2.50. The molecule has 0 radical (unpaired) electrons. The summed E-state index contributed by atoms with van der Waals surface area (Å²) in [5.74, 6) is -0.467. The van der Waals surface area contributed by atoms with Crippen molar-refractivity contribution in [2.75, 3.05) is 25.0 Å². The van der Waals surface area contributed by atoms with Crippen molar-refractivity contribution in [2.24, 2.45) is 4.99 Å². The van der Waals surface area contributed by atoms with Gasteiger partial charge < -0.3 is 15.0 Å². The first-order valence-electron chi connectivity index (χ1n) is 10.7. The molecular weight excluding hydrogens is 422 g/mol. The summed E-state index contributed by atoms with van der Waals surface area (Å²) in [6.45, 7) is 3.42. The number of nitriles is 1. The second-order valence-corrected chi connectivity index (χ2v) is 7.96. The van der Waals surface area contributed by atoms with Gasteiger partial charge in [-0.2, -0.15) is 5.26 Å². The summed E-state index contributed by atoms with van der Waals surface area (Å²) < 4.78 is 33.3. The zero-order valence-corrected chi connectivity index (χ0v) is 18.2. The highest BCUT2D eigenvalue weighted by molar-refractivity contribution is 5.94. The van der Waals surface area contributed by atoms with Crippen molar-refractivity contribution in [2.45, 2.75) is 18.9 Å². The van der Waals surface area contributed by atoms with E-state index in [1.807, 2.05) is 42.3 Å². The molecule has 1 saturated heterocycles. The Labute approximate surface area is 192 Å². The van der Waals surface area contributed by atoms with Gasteiger partial charge in [-0.15, -0.1) is 4.99 Å². The van der Waals surface area contributed by atoms with E-state index in [1.165, 1.54) is 24.3 Å². The van der Waals surface area contributed by atoms with Gasteiger partial charge in [-0.1, -0.05) is 42.0 Å². The van der Waals surface area contributed by atoms with E-state index < -0.39 is 0 Å². The van der Waals surface area contributed by atoms with Gasteiger partial charge >= 0.3 is 0 Å². The molecule has 0 bridgehead atoms. The SMILES string of the molecule is Cc1ccc(NC(=NC#N)N2CCOC(C(c3ccc(F)cc3)c3ccc(F)cc3)C2)cc1. The van der Waals surface area contributed by atoms with Crippen LogP contribution < -0.4 is 5.32 Å². The molecule has 0 amide bonds. The van der Waals surface area contributed by atoms with Crippen molar-refractivity contribution in [3.63, 3.8) is 0 Å². The van der Waals surface area contributed by atoms with Crippen molar-refractivity contribution in [3.05, 3.63) is 101 Å². The molecule has 1 aliphatic heterocycles. The number of aliphatic imine (C=N–C) groups is 1. The third-order valence-corrected chi connectivity index (χ3v) is 5.69. The number of aryl methyl sites for hydroxylation is 1. The van der Waals surface area contributed by atoms with Crippen molar-refractivity contribution in [3.8, 4) is 6.19 Å². The standard InChI is InChI=1S/C26H24F2N4O/c1-18-2-12-23(13-3-18)31-26(30-17-29)32-14-15-33-24(16-32)25(19-4-8-21(27)9-5-19)20-6-10-22(28)11-7-20/h2-13,24-25H,14-16H2,1H3,(H,30,31). The number of anilines is 1. The van der Waals surface area contributed by atoms with Gasteiger partial charge in [0, 0.05) is 24.7 Å². The monoisotopic (exact) mass is 446 g/mol. The fraction of sp³-hybridized carbons (Fsp3) is 0.231. The van der Waals surface area contributed by atoms with Gasteiger partial charge in [-0.3, -0.25) is 0 Å². The van der Waals surface area contributed by atoms with E-state index in [9.17, 15) is 14.0 Å². The molecule has 0 saturated carbocycles.